The van der Waals surface area contributed by atoms with E-state index in [1.54, 1.807) is 6.92 Å². The molecule has 0 aliphatic carbocycles. The number of carbonyl (C=O) groups is 1. The second-order valence-electron chi connectivity index (χ2n) is 7.21. The lowest BCUT2D eigenvalue weighted by Gasteiger charge is -2.20. The monoisotopic (exact) mass is 404 g/mol. The molecule has 4 nitrogen and oxygen atoms in total. The topological polar surface area (TPSA) is 44.8 Å². The summed E-state index contributed by atoms with van der Waals surface area (Å²) in [6.07, 6.45) is 1.57. The molecule has 1 unspecified atom stereocenters. The van der Waals surface area contributed by atoms with Gasteiger partial charge in [-0.1, -0.05) is 74.5 Å². The normalized spacial score (nSPS) is 11.7. The molecule has 0 aromatic heterocycles. The summed E-state index contributed by atoms with van der Waals surface area (Å²) in [4.78, 5) is 12.1. The van der Waals surface area contributed by atoms with E-state index in [0.29, 0.717) is 12.2 Å². The van der Waals surface area contributed by atoms with E-state index in [1.165, 1.54) is 0 Å². The van der Waals surface area contributed by atoms with E-state index >= 15 is 0 Å². The van der Waals surface area contributed by atoms with E-state index in [4.69, 9.17) is 14.2 Å². The van der Waals surface area contributed by atoms with E-state index in [9.17, 15) is 4.79 Å². The van der Waals surface area contributed by atoms with Crippen LogP contribution in [0.25, 0.3) is 10.8 Å². The van der Waals surface area contributed by atoms with Crippen molar-refractivity contribution < 1.29 is 19.0 Å². The van der Waals surface area contributed by atoms with Crippen LogP contribution in [0.5, 0.6) is 11.5 Å². The van der Waals surface area contributed by atoms with Crippen LogP contribution in [0.1, 0.15) is 38.4 Å². The Hall–Kier alpha value is -3.27. The highest BCUT2D eigenvalue weighted by atomic mass is 16.6. The van der Waals surface area contributed by atoms with E-state index in [2.05, 4.69) is 13.5 Å². The zero-order chi connectivity index (χ0) is 21.3. The number of ether oxygens (including phenoxy) is 3. The van der Waals surface area contributed by atoms with Gasteiger partial charge in [0.25, 0.3) is 0 Å². The first-order chi connectivity index (χ1) is 14.6. The largest absolute Gasteiger partial charge is 0.493 e. The standard InChI is InChI=1S/C26H28O4/c1-4-5-17-28-23-15-16-24(22-14-10-9-13-21(22)23)29-18-25(30-26(27)19(2)3)20-11-7-6-8-12-20/h6-16,25H,2,4-5,17-18H2,1,3H3. The molecule has 0 saturated carbocycles. The van der Waals surface area contributed by atoms with E-state index in [1.807, 2.05) is 66.7 Å². The molecule has 3 rings (SSSR count). The van der Waals surface area contributed by atoms with Gasteiger partial charge in [-0.2, -0.15) is 0 Å². The number of fused-ring (bicyclic) bond motifs is 1. The number of unbranched alkanes of at least 4 members (excludes halogenated alkanes) is 1. The molecule has 4 heteroatoms. The Morgan fingerprint density at radius 1 is 0.900 bits per heavy atom. The zero-order valence-corrected chi connectivity index (χ0v) is 17.6. The molecule has 0 N–H and O–H groups in total. The summed E-state index contributed by atoms with van der Waals surface area (Å²) in [5, 5.41) is 1.96. The number of hydrogen-bond acceptors (Lipinski definition) is 4. The SMILES string of the molecule is C=C(C)C(=O)OC(COc1ccc(OCCCC)c2ccccc12)c1ccccc1. The maximum absolute atomic E-state index is 12.1. The molecule has 30 heavy (non-hydrogen) atoms. The van der Waals surface area contributed by atoms with Crippen molar-refractivity contribution in [2.75, 3.05) is 13.2 Å². The zero-order valence-electron chi connectivity index (χ0n) is 17.6. The Morgan fingerprint density at radius 2 is 1.50 bits per heavy atom. The van der Waals surface area contributed by atoms with Crippen LogP contribution in [0.2, 0.25) is 0 Å². The Kier molecular flexibility index (Phi) is 7.50. The van der Waals surface area contributed by atoms with Crippen molar-refractivity contribution in [1.29, 1.82) is 0 Å². The molecule has 1 atom stereocenters. The summed E-state index contributed by atoms with van der Waals surface area (Å²) in [6, 6.07) is 21.4. The van der Waals surface area contributed by atoms with Crippen molar-refractivity contribution in [3.05, 3.63) is 84.4 Å². The molecule has 0 bridgehead atoms. The van der Waals surface area contributed by atoms with Crippen molar-refractivity contribution in [3.63, 3.8) is 0 Å². The minimum Gasteiger partial charge on any atom is -0.493 e. The Labute approximate surface area is 178 Å². The summed E-state index contributed by atoms with van der Waals surface area (Å²) in [6.45, 7) is 8.33. The number of esters is 1. The fourth-order valence-electron chi connectivity index (χ4n) is 3.08. The number of rotatable bonds is 10. The molecule has 0 saturated heterocycles. The smallest absolute Gasteiger partial charge is 0.333 e. The second kappa shape index (κ2) is 10.5. The van der Waals surface area contributed by atoms with Gasteiger partial charge in [0.05, 0.1) is 6.61 Å². The van der Waals surface area contributed by atoms with Crippen molar-refractivity contribution in [1.82, 2.24) is 0 Å². The highest BCUT2D eigenvalue weighted by molar-refractivity contribution is 5.93. The first-order valence-corrected chi connectivity index (χ1v) is 10.3. The van der Waals surface area contributed by atoms with Gasteiger partial charge >= 0.3 is 5.97 Å². The predicted octanol–water partition coefficient (Wildman–Crippen LogP) is 6.26. The van der Waals surface area contributed by atoms with E-state index in [-0.39, 0.29) is 6.61 Å². The van der Waals surface area contributed by atoms with Gasteiger partial charge in [-0.15, -0.1) is 0 Å². The minimum atomic E-state index is -0.533. The molecular weight excluding hydrogens is 376 g/mol. The average molecular weight is 405 g/mol. The van der Waals surface area contributed by atoms with Gasteiger partial charge in [-0.05, 0) is 31.0 Å². The minimum absolute atomic E-state index is 0.197. The summed E-state index contributed by atoms with van der Waals surface area (Å²) in [5.74, 6) is 1.14. The van der Waals surface area contributed by atoms with Crippen molar-refractivity contribution in [3.8, 4) is 11.5 Å². The molecule has 0 aliphatic heterocycles. The van der Waals surface area contributed by atoms with Gasteiger partial charge in [-0.25, -0.2) is 4.79 Å². The van der Waals surface area contributed by atoms with Gasteiger partial charge in [0.1, 0.15) is 18.1 Å². The molecule has 0 heterocycles. The quantitative estimate of drug-likeness (QED) is 0.227. The van der Waals surface area contributed by atoms with Crippen molar-refractivity contribution in [2.24, 2.45) is 0 Å². The average Bonchev–Trinajstić information content (AvgIpc) is 2.77. The van der Waals surface area contributed by atoms with Gasteiger partial charge in [0, 0.05) is 16.3 Å². The van der Waals surface area contributed by atoms with Crippen molar-refractivity contribution >= 4 is 16.7 Å². The molecule has 3 aromatic carbocycles. The van der Waals surface area contributed by atoms with Gasteiger partial charge in [0.2, 0.25) is 0 Å². The molecular formula is C26H28O4. The lowest BCUT2D eigenvalue weighted by Crippen LogP contribution is -2.18. The first kappa shape index (κ1) is 21.4. The second-order valence-corrected chi connectivity index (χ2v) is 7.21. The molecule has 0 spiro atoms. The number of carbonyl (C=O) groups excluding carboxylic acids is 1. The van der Waals surface area contributed by atoms with Crippen LogP contribution in [0.4, 0.5) is 0 Å². The lowest BCUT2D eigenvalue weighted by atomic mass is 10.1. The van der Waals surface area contributed by atoms with Gasteiger partial charge < -0.3 is 14.2 Å². The van der Waals surface area contributed by atoms with Crippen LogP contribution >= 0.6 is 0 Å². The number of hydrogen-bond donors (Lipinski definition) is 0. The van der Waals surface area contributed by atoms with E-state index in [0.717, 1.165) is 40.7 Å². The van der Waals surface area contributed by atoms with E-state index < -0.39 is 12.1 Å². The van der Waals surface area contributed by atoms with Crippen LogP contribution in [0, 0.1) is 0 Å². The Bertz CT molecular complexity index is 994. The first-order valence-electron chi connectivity index (χ1n) is 10.3. The van der Waals surface area contributed by atoms with Crippen LogP contribution in [-0.2, 0) is 9.53 Å². The predicted molar refractivity (Wildman–Crippen MR) is 120 cm³/mol. The summed E-state index contributed by atoms with van der Waals surface area (Å²) in [7, 11) is 0. The molecule has 156 valence electrons. The Morgan fingerprint density at radius 3 is 2.10 bits per heavy atom. The van der Waals surface area contributed by atoms with Gasteiger partial charge in [-0.3, -0.25) is 0 Å². The summed E-state index contributed by atoms with van der Waals surface area (Å²) >= 11 is 0. The molecule has 3 aromatic rings. The molecule has 0 radical (unpaired) electrons. The maximum Gasteiger partial charge on any atom is 0.333 e. The van der Waals surface area contributed by atoms with Crippen LogP contribution in [0.15, 0.2) is 78.9 Å². The van der Waals surface area contributed by atoms with Crippen molar-refractivity contribution in [2.45, 2.75) is 32.8 Å². The fraction of sp³-hybridized carbons (Fsp3) is 0.269. The summed E-state index contributed by atoms with van der Waals surface area (Å²) in [5.41, 5.74) is 1.23. The van der Waals surface area contributed by atoms with Crippen LogP contribution in [-0.4, -0.2) is 19.2 Å². The van der Waals surface area contributed by atoms with Crippen LogP contribution in [0.3, 0.4) is 0 Å². The van der Waals surface area contributed by atoms with Gasteiger partial charge in [0.15, 0.2) is 6.10 Å². The highest BCUT2D eigenvalue weighted by Gasteiger charge is 2.19. The lowest BCUT2D eigenvalue weighted by molar-refractivity contribution is -0.146. The molecule has 0 aliphatic rings. The molecule has 0 fully saturated rings. The van der Waals surface area contributed by atoms with Crippen LogP contribution < -0.4 is 9.47 Å². The fourth-order valence-corrected chi connectivity index (χ4v) is 3.08. The third-order valence-electron chi connectivity index (χ3n) is 4.76. The third-order valence-corrected chi connectivity index (χ3v) is 4.76. The maximum atomic E-state index is 12.1. The Balaban J connectivity index is 1.82. The summed E-state index contributed by atoms with van der Waals surface area (Å²) < 4.78 is 17.7. The highest BCUT2D eigenvalue weighted by Crippen LogP contribution is 2.34. The number of benzene rings is 3. The third kappa shape index (κ3) is 5.41. The molecule has 0 amide bonds.